The second-order valence-corrected chi connectivity index (χ2v) is 10.1. The Morgan fingerprint density at radius 2 is 1.82 bits per heavy atom. The van der Waals surface area contributed by atoms with E-state index in [1.165, 1.54) is 17.8 Å². The summed E-state index contributed by atoms with van der Waals surface area (Å²) < 4.78 is 14.4. The van der Waals surface area contributed by atoms with Gasteiger partial charge in [0.15, 0.2) is 0 Å². The molecule has 0 radical (unpaired) electrons. The van der Waals surface area contributed by atoms with Gasteiger partial charge in [0.2, 0.25) is 11.8 Å². The molecule has 178 valence electrons. The molecule has 3 heterocycles. The summed E-state index contributed by atoms with van der Waals surface area (Å²) in [5.74, 6) is -0.298. The number of likely N-dealkylation sites (tertiary alicyclic amines) is 1. The van der Waals surface area contributed by atoms with Crippen LogP contribution in [0.1, 0.15) is 36.9 Å². The van der Waals surface area contributed by atoms with Gasteiger partial charge in [-0.05, 0) is 42.4 Å². The molecule has 4 unspecified atom stereocenters. The second-order valence-electron chi connectivity index (χ2n) is 9.12. The molecule has 2 fully saturated rings. The molecule has 3 aliphatic heterocycles. The van der Waals surface area contributed by atoms with Gasteiger partial charge in [0.25, 0.3) is 0 Å². The van der Waals surface area contributed by atoms with Gasteiger partial charge in [-0.25, -0.2) is 4.39 Å². The number of piperidine rings is 1. The summed E-state index contributed by atoms with van der Waals surface area (Å²) in [6.07, 6.45) is 1.11. The predicted octanol–water partition coefficient (Wildman–Crippen LogP) is 3.24. The Balaban J connectivity index is 1.19. The maximum Gasteiger partial charge on any atom is 0.237 e. The number of amides is 2. The fourth-order valence-corrected chi connectivity index (χ4v) is 6.12. The van der Waals surface area contributed by atoms with Crippen molar-refractivity contribution in [1.29, 1.82) is 0 Å². The van der Waals surface area contributed by atoms with Gasteiger partial charge in [-0.1, -0.05) is 48.5 Å². The van der Waals surface area contributed by atoms with Crippen molar-refractivity contribution in [2.45, 2.75) is 43.4 Å². The third kappa shape index (κ3) is 4.62. The second kappa shape index (κ2) is 9.90. The quantitative estimate of drug-likeness (QED) is 0.613. The van der Waals surface area contributed by atoms with Crippen molar-refractivity contribution < 1.29 is 14.0 Å². The number of thioether (sulfide) groups is 1. The minimum absolute atomic E-state index is 0.0357. The first kappa shape index (κ1) is 23.1. The first-order valence-electron chi connectivity index (χ1n) is 11.8. The molecule has 0 spiro atoms. The van der Waals surface area contributed by atoms with Crippen LogP contribution < -0.4 is 16.0 Å². The molecule has 34 heavy (non-hydrogen) atoms. The van der Waals surface area contributed by atoms with E-state index in [0.29, 0.717) is 18.7 Å². The molecule has 0 saturated carbocycles. The average molecular weight is 481 g/mol. The van der Waals surface area contributed by atoms with Crippen LogP contribution in [0.5, 0.6) is 0 Å². The highest BCUT2D eigenvalue weighted by Gasteiger charge is 2.44. The van der Waals surface area contributed by atoms with Crippen LogP contribution in [-0.2, 0) is 9.59 Å². The number of carbonyl (C=O) groups excluding carboxylic acids is 2. The van der Waals surface area contributed by atoms with Crippen LogP contribution in [0.4, 0.5) is 4.39 Å². The lowest BCUT2D eigenvalue weighted by atomic mass is 9.93. The maximum absolute atomic E-state index is 14.4. The predicted molar refractivity (Wildman–Crippen MR) is 132 cm³/mol. The molecule has 4 atom stereocenters. The van der Waals surface area contributed by atoms with Crippen LogP contribution in [0.3, 0.4) is 0 Å². The molecule has 2 aromatic rings. The SMILES string of the molecule is CC(NC(=O)C1CCN(C2NC(=O)C3SC=C(c4ccccc4F)C3N2)CC1)c1ccccc1. The summed E-state index contributed by atoms with van der Waals surface area (Å²) in [5, 5.41) is 11.3. The molecular weight excluding hydrogens is 451 g/mol. The number of nitrogens with one attached hydrogen (secondary N) is 3. The van der Waals surface area contributed by atoms with Crippen molar-refractivity contribution in [2.24, 2.45) is 5.92 Å². The maximum atomic E-state index is 14.4. The molecule has 6 nitrogen and oxygen atoms in total. The van der Waals surface area contributed by atoms with E-state index in [1.807, 2.05) is 48.7 Å². The Bertz CT molecular complexity index is 1090. The third-order valence-electron chi connectivity index (χ3n) is 6.96. The van der Waals surface area contributed by atoms with Crippen LogP contribution in [-0.4, -0.2) is 47.4 Å². The van der Waals surface area contributed by atoms with E-state index in [2.05, 4.69) is 20.9 Å². The van der Waals surface area contributed by atoms with Gasteiger partial charge < -0.3 is 10.6 Å². The van der Waals surface area contributed by atoms with Gasteiger partial charge in [0.05, 0.1) is 12.1 Å². The molecule has 5 rings (SSSR count). The number of benzene rings is 2. The molecule has 3 N–H and O–H groups in total. The van der Waals surface area contributed by atoms with Gasteiger partial charge in [-0.2, -0.15) is 0 Å². The van der Waals surface area contributed by atoms with Gasteiger partial charge in [0, 0.05) is 24.6 Å². The monoisotopic (exact) mass is 480 g/mol. The molecular formula is C26H29FN4O2S. The molecule has 0 aromatic heterocycles. The Kier molecular flexibility index (Phi) is 6.72. The minimum atomic E-state index is -0.338. The number of carbonyl (C=O) groups is 2. The lowest BCUT2D eigenvalue weighted by Crippen LogP contribution is -2.68. The van der Waals surface area contributed by atoms with Crippen LogP contribution in [0.2, 0.25) is 0 Å². The van der Waals surface area contributed by atoms with Gasteiger partial charge in [0.1, 0.15) is 17.4 Å². The van der Waals surface area contributed by atoms with E-state index in [-0.39, 0.29) is 47.2 Å². The number of hydrogen-bond donors (Lipinski definition) is 3. The van der Waals surface area contributed by atoms with Gasteiger partial charge in [-0.15, -0.1) is 11.8 Å². The van der Waals surface area contributed by atoms with Crippen molar-refractivity contribution in [3.8, 4) is 0 Å². The summed E-state index contributed by atoms with van der Waals surface area (Å²) in [6.45, 7) is 3.39. The molecule has 0 aliphatic carbocycles. The van der Waals surface area contributed by atoms with Crippen molar-refractivity contribution in [3.63, 3.8) is 0 Å². The third-order valence-corrected chi connectivity index (χ3v) is 8.13. The summed E-state index contributed by atoms with van der Waals surface area (Å²) in [6, 6.07) is 16.3. The molecule has 2 amide bonds. The minimum Gasteiger partial charge on any atom is -0.349 e. The highest BCUT2D eigenvalue weighted by molar-refractivity contribution is 8.04. The summed E-state index contributed by atoms with van der Waals surface area (Å²) in [4.78, 5) is 27.8. The van der Waals surface area contributed by atoms with Crippen LogP contribution >= 0.6 is 11.8 Å². The average Bonchev–Trinajstić information content (AvgIpc) is 3.29. The van der Waals surface area contributed by atoms with E-state index in [0.717, 1.165) is 24.0 Å². The Morgan fingerprint density at radius 3 is 2.56 bits per heavy atom. The number of hydrogen-bond acceptors (Lipinski definition) is 5. The summed E-state index contributed by atoms with van der Waals surface area (Å²) in [5.41, 5.74) is 2.44. The fraction of sp³-hybridized carbons (Fsp3) is 0.385. The van der Waals surface area contributed by atoms with Crippen LogP contribution in [0, 0.1) is 11.7 Å². The Hall–Kier alpha value is -2.68. The molecule has 3 aliphatic rings. The highest BCUT2D eigenvalue weighted by Crippen LogP contribution is 2.39. The fourth-order valence-electron chi connectivity index (χ4n) is 4.98. The molecule has 2 saturated heterocycles. The van der Waals surface area contributed by atoms with E-state index in [4.69, 9.17) is 0 Å². The summed E-state index contributed by atoms with van der Waals surface area (Å²) >= 11 is 1.43. The Morgan fingerprint density at radius 1 is 1.12 bits per heavy atom. The van der Waals surface area contributed by atoms with Crippen molar-refractivity contribution >= 4 is 29.1 Å². The van der Waals surface area contributed by atoms with E-state index >= 15 is 0 Å². The number of halogens is 1. The Labute approximate surface area is 203 Å². The number of fused-ring (bicyclic) bond motifs is 1. The number of nitrogens with zero attached hydrogens (tertiary/aromatic N) is 1. The lowest BCUT2D eigenvalue weighted by Gasteiger charge is -2.43. The largest absolute Gasteiger partial charge is 0.349 e. The molecule has 0 bridgehead atoms. The zero-order chi connectivity index (χ0) is 23.7. The lowest BCUT2D eigenvalue weighted by molar-refractivity contribution is -0.130. The van der Waals surface area contributed by atoms with Crippen LogP contribution in [0.25, 0.3) is 5.57 Å². The first-order chi connectivity index (χ1) is 16.5. The van der Waals surface area contributed by atoms with Crippen LogP contribution in [0.15, 0.2) is 60.0 Å². The topological polar surface area (TPSA) is 73.5 Å². The van der Waals surface area contributed by atoms with Crippen molar-refractivity contribution in [1.82, 2.24) is 20.9 Å². The first-order valence-corrected chi connectivity index (χ1v) is 12.7. The van der Waals surface area contributed by atoms with Crippen molar-refractivity contribution in [3.05, 3.63) is 76.9 Å². The smallest absolute Gasteiger partial charge is 0.237 e. The normalized spacial score (nSPS) is 26.4. The van der Waals surface area contributed by atoms with E-state index in [9.17, 15) is 14.0 Å². The van der Waals surface area contributed by atoms with E-state index < -0.39 is 0 Å². The summed E-state index contributed by atoms with van der Waals surface area (Å²) in [7, 11) is 0. The van der Waals surface area contributed by atoms with Gasteiger partial charge >= 0.3 is 0 Å². The molecule has 8 heteroatoms. The highest BCUT2D eigenvalue weighted by atomic mass is 32.2. The van der Waals surface area contributed by atoms with Crippen molar-refractivity contribution in [2.75, 3.05) is 13.1 Å². The number of rotatable bonds is 5. The molecule has 2 aromatic carbocycles. The standard InChI is InChI=1S/C26H29FN4O2S/c1-16(17-7-3-2-4-8-17)28-24(32)18-11-13-31(14-12-18)26-29-22-20(15-34-23(22)25(33)30-26)19-9-5-6-10-21(19)27/h2-10,15-16,18,22-23,26,29H,11-14H2,1H3,(H,28,32)(H,30,33). The van der Waals surface area contributed by atoms with E-state index in [1.54, 1.807) is 12.1 Å². The van der Waals surface area contributed by atoms with Gasteiger partial charge in [-0.3, -0.25) is 19.8 Å². The zero-order valence-corrected chi connectivity index (χ0v) is 19.9. The zero-order valence-electron chi connectivity index (χ0n) is 19.0.